The van der Waals surface area contributed by atoms with Gasteiger partial charge in [0.05, 0.1) is 26.8 Å². The molecule has 0 saturated carbocycles. The average Bonchev–Trinajstić information content (AvgIpc) is 3.11. The Morgan fingerprint density at radius 3 is 2.39 bits per heavy atom. The molecule has 1 amide bonds. The van der Waals surface area contributed by atoms with Gasteiger partial charge in [0.1, 0.15) is 11.4 Å². The number of fused-ring (bicyclic) bond motifs is 1. The zero-order valence-corrected chi connectivity index (χ0v) is 17.4. The highest BCUT2D eigenvalue weighted by molar-refractivity contribution is 6.02. The number of ether oxygens (including phenoxy) is 3. The Bertz CT molecular complexity index is 823. The first kappa shape index (κ1) is 20.3. The highest BCUT2D eigenvalue weighted by Gasteiger charge is 2.22. The van der Waals surface area contributed by atoms with E-state index < -0.39 is 0 Å². The summed E-state index contributed by atoms with van der Waals surface area (Å²) in [5.74, 6) is 3.00. The van der Waals surface area contributed by atoms with Crippen LogP contribution in [0.1, 0.15) is 30.8 Å². The Kier molecular flexibility index (Phi) is 6.34. The van der Waals surface area contributed by atoms with E-state index in [9.17, 15) is 4.79 Å². The number of carbonyl (C=O) groups is 1. The first-order valence-electron chi connectivity index (χ1n) is 9.79. The fourth-order valence-electron chi connectivity index (χ4n) is 4.26. The highest BCUT2D eigenvalue weighted by Crippen LogP contribution is 2.41. The third kappa shape index (κ3) is 4.19. The van der Waals surface area contributed by atoms with Gasteiger partial charge in [0, 0.05) is 37.6 Å². The van der Waals surface area contributed by atoms with E-state index in [-0.39, 0.29) is 5.91 Å². The zero-order valence-electron chi connectivity index (χ0n) is 17.4. The second kappa shape index (κ2) is 8.73. The lowest BCUT2D eigenvalue weighted by Crippen LogP contribution is -2.42. The fraction of sp³-hybridized carbons (Fsp3) is 0.571. The van der Waals surface area contributed by atoms with Crippen LogP contribution in [0.5, 0.6) is 17.2 Å². The lowest BCUT2D eigenvalue weighted by Gasteiger charge is -2.34. The van der Waals surface area contributed by atoms with E-state index in [1.807, 2.05) is 0 Å². The number of likely N-dealkylation sites (tertiary alicyclic amines) is 1. The maximum atomic E-state index is 12.7. The molecule has 2 unspecified atom stereocenters. The van der Waals surface area contributed by atoms with Crippen molar-refractivity contribution in [3.8, 4) is 17.2 Å². The van der Waals surface area contributed by atoms with Gasteiger partial charge in [-0.3, -0.25) is 4.79 Å². The van der Waals surface area contributed by atoms with Gasteiger partial charge in [-0.2, -0.15) is 0 Å². The minimum Gasteiger partial charge on any atom is -0.496 e. The molecule has 2 atom stereocenters. The molecule has 154 valence electrons. The van der Waals surface area contributed by atoms with E-state index in [0.29, 0.717) is 46.8 Å². The molecular formula is C21H31N3O4. The number of benzene rings is 1. The summed E-state index contributed by atoms with van der Waals surface area (Å²) in [5.41, 5.74) is 1.16. The van der Waals surface area contributed by atoms with E-state index in [0.717, 1.165) is 25.0 Å². The molecule has 1 aliphatic heterocycles. The SMILES string of the molecule is COc1cc(OC)c2cc(C(=O)NCCN3CC(C)CC(C)C3)[nH]c2c1OC. The van der Waals surface area contributed by atoms with Gasteiger partial charge in [0.2, 0.25) is 0 Å². The van der Waals surface area contributed by atoms with Crippen LogP contribution in [0.4, 0.5) is 0 Å². The van der Waals surface area contributed by atoms with E-state index in [1.54, 1.807) is 33.5 Å². The predicted octanol–water partition coefficient (Wildman–Crippen LogP) is 2.90. The molecule has 28 heavy (non-hydrogen) atoms. The van der Waals surface area contributed by atoms with Crippen LogP contribution in [0.2, 0.25) is 0 Å². The molecule has 0 aliphatic carbocycles. The second-order valence-electron chi connectivity index (χ2n) is 7.75. The molecule has 7 heteroatoms. The van der Waals surface area contributed by atoms with Gasteiger partial charge < -0.3 is 29.4 Å². The molecule has 1 aromatic carbocycles. The summed E-state index contributed by atoms with van der Waals surface area (Å²) in [6.45, 7) is 8.26. The first-order chi connectivity index (χ1) is 13.5. The minimum atomic E-state index is -0.141. The lowest BCUT2D eigenvalue weighted by atomic mass is 9.92. The number of aromatic amines is 1. The van der Waals surface area contributed by atoms with Crippen LogP contribution < -0.4 is 19.5 Å². The largest absolute Gasteiger partial charge is 0.496 e. The van der Waals surface area contributed by atoms with Crippen molar-refractivity contribution in [2.45, 2.75) is 20.3 Å². The molecule has 0 radical (unpaired) electrons. The summed E-state index contributed by atoms with van der Waals surface area (Å²) in [4.78, 5) is 18.3. The molecule has 1 aliphatic rings. The Hall–Kier alpha value is -2.41. The summed E-state index contributed by atoms with van der Waals surface area (Å²) in [7, 11) is 4.74. The summed E-state index contributed by atoms with van der Waals surface area (Å²) in [6, 6.07) is 3.55. The molecule has 0 spiro atoms. The summed E-state index contributed by atoms with van der Waals surface area (Å²) in [6.07, 6.45) is 1.28. The number of nitrogens with one attached hydrogen (secondary N) is 2. The van der Waals surface area contributed by atoms with Crippen LogP contribution in [0.15, 0.2) is 12.1 Å². The van der Waals surface area contributed by atoms with Crippen LogP contribution in [0, 0.1) is 11.8 Å². The van der Waals surface area contributed by atoms with E-state index >= 15 is 0 Å². The Labute approximate surface area is 166 Å². The fourth-order valence-corrected chi connectivity index (χ4v) is 4.26. The molecule has 3 rings (SSSR count). The number of hydrogen-bond acceptors (Lipinski definition) is 5. The Morgan fingerprint density at radius 2 is 1.79 bits per heavy atom. The van der Waals surface area contributed by atoms with Crippen LogP contribution in [0.3, 0.4) is 0 Å². The van der Waals surface area contributed by atoms with E-state index in [1.165, 1.54) is 6.42 Å². The highest BCUT2D eigenvalue weighted by atomic mass is 16.5. The van der Waals surface area contributed by atoms with Crippen molar-refractivity contribution in [3.05, 3.63) is 17.8 Å². The second-order valence-corrected chi connectivity index (χ2v) is 7.75. The lowest BCUT2D eigenvalue weighted by molar-refractivity contribution is 0.0932. The number of piperidine rings is 1. The predicted molar refractivity (Wildman–Crippen MR) is 110 cm³/mol. The molecule has 2 heterocycles. The number of amides is 1. The first-order valence-corrected chi connectivity index (χ1v) is 9.79. The molecule has 1 aromatic heterocycles. The maximum Gasteiger partial charge on any atom is 0.267 e. The zero-order chi connectivity index (χ0) is 20.3. The van der Waals surface area contributed by atoms with Crippen molar-refractivity contribution in [3.63, 3.8) is 0 Å². The van der Waals surface area contributed by atoms with Gasteiger partial charge in [-0.15, -0.1) is 0 Å². The molecule has 2 N–H and O–H groups in total. The molecule has 0 bridgehead atoms. The number of hydrogen-bond donors (Lipinski definition) is 2. The van der Waals surface area contributed by atoms with Crippen molar-refractivity contribution >= 4 is 16.8 Å². The smallest absolute Gasteiger partial charge is 0.267 e. The van der Waals surface area contributed by atoms with Gasteiger partial charge in [-0.25, -0.2) is 0 Å². The Balaban J connectivity index is 1.71. The van der Waals surface area contributed by atoms with Crippen LogP contribution in [-0.4, -0.2) is 63.3 Å². The van der Waals surface area contributed by atoms with Crippen molar-refractivity contribution in [1.82, 2.24) is 15.2 Å². The quantitative estimate of drug-likeness (QED) is 0.762. The molecular weight excluding hydrogens is 358 g/mol. The van der Waals surface area contributed by atoms with E-state index in [2.05, 4.69) is 29.0 Å². The summed E-state index contributed by atoms with van der Waals surface area (Å²) in [5, 5.41) is 3.80. The monoisotopic (exact) mass is 389 g/mol. The van der Waals surface area contributed by atoms with Gasteiger partial charge in [0.15, 0.2) is 11.5 Å². The normalized spacial score (nSPS) is 20.2. The number of carbonyl (C=O) groups excluding carboxylic acids is 1. The third-order valence-corrected chi connectivity index (χ3v) is 5.34. The average molecular weight is 389 g/mol. The standard InChI is InChI=1S/C21H31N3O4/c1-13-8-14(2)12-24(11-13)7-6-22-21(25)16-9-15-17(26-3)10-18(27-4)20(28-5)19(15)23-16/h9-10,13-14,23H,6-8,11-12H2,1-5H3,(H,22,25). The number of rotatable bonds is 7. The minimum absolute atomic E-state index is 0.141. The van der Waals surface area contributed by atoms with Crippen LogP contribution >= 0.6 is 0 Å². The van der Waals surface area contributed by atoms with Gasteiger partial charge in [-0.05, 0) is 24.3 Å². The van der Waals surface area contributed by atoms with Gasteiger partial charge >= 0.3 is 0 Å². The van der Waals surface area contributed by atoms with Crippen molar-refractivity contribution < 1.29 is 19.0 Å². The molecule has 7 nitrogen and oxygen atoms in total. The summed E-state index contributed by atoms with van der Waals surface area (Å²) >= 11 is 0. The molecule has 2 aromatic rings. The number of nitrogens with zero attached hydrogens (tertiary/aromatic N) is 1. The molecule has 1 fully saturated rings. The van der Waals surface area contributed by atoms with Crippen LogP contribution in [-0.2, 0) is 0 Å². The van der Waals surface area contributed by atoms with Crippen molar-refractivity contribution in [2.24, 2.45) is 11.8 Å². The topological polar surface area (TPSA) is 75.8 Å². The third-order valence-electron chi connectivity index (χ3n) is 5.34. The summed E-state index contributed by atoms with van der Waals surface area (Å²) < 4.78 is 16.3. The van der Waals surface area contributed by atoms with Crippen LogP contribution in [0.25, 0.3) is 10.9 Å². The number of methoxy groups -OCH3 is 3. The molecule has 1 saturated heterocycles. The number of H-pyrrole nitrogens is 1. The van der Waals surface area contributed by atoms with Crippen molar-refractivity contribution in [2.75, 3.05) is 47.5 Å². The number of aromatic nitrogens is 1. The van der Waals surface area contributed by atoms with E-state index in [4.69, 9.17) is 14.2 Å². The maximum absolute atomic E-state index is 12.7. The van der Waals surface area contributed by atoms with Gasteiger partial charge in [-0.1, -0.05) is 13.8 Å². The Morgan fingerprint density at radius 1 is 1.11 bits per heavy atom. The van der Waals surface area contributed by atoms with Crippen molar-refractivity contribution in [1.29, 1.82) is 0 Å². The van der Waals surface area contributed by atoms with Gasteiger partial charge in [0.25, 0.3) is 5.91 Å².